The first kappa shape index (κ1) is 11.9. The van der Waals surface area contributed by atoms with E-state index in [0.29, 0.717) is 5.92 Å². The maximum absolute atomic E-state index is 8.84. The van der Waals surface area contributed by atoms with Gasteiger partial charge >= 0.3 is 0 Å². The van der Waals surface area contributed by atoms with Crippen LogP contribution in [-0.2, 0) is 0 Å². The lowest BCUT2D eigenvalue weighted by Gasteiger charge is -2.30. The van der Waals surface area contributed by atoms with Gasteiger partial charge in [-0.1, -0.05) is 27.2 Å². The molecule has 0 saturated heterocycles. The minimum Gasteiger partial charge on any atom is -0.396 e. The average molecular weight is 173 g/mol. The third-order valence-corrected chi connectivity index (χ3v) is 2.77. The normalized spacial score (nSPS) is 18.8. The zero-order valence-corrected chi connectivity index (χ0v) is 8.64. The highest BCUT2D eigenvalue weighted by Crippen LogP contribution is 2.22. The molecule has 0 aromatic rings. The Kier molecular flexibility index (Phi) is 5.51. The summed E-state index contributed by atoms with van der Waals surface area (Å²) in [6.07, 6.45) is 3.89. The van der Waals surface area contributed by atoms with Crippen molar-refractivity contribution >= 4 is 0 Å². The van der Waals surface area contributed by atoms with Crippen LogP contribution in [0, 0.1) is 5.92 Å². The molecule has 0 aliphatic carbocycles. The molecule has 0 aliphatic heterocycles. The highest BCUT2D eigenvalue weighted by molar-refractivity contribution is 4.83. The summed E-state index contributed by atoms with van der Waals surface area (Å²) in [6.45, 7) is 6.70. The number of aliphatic hydroxyl groups excluding tert-OH is 1. The molecule has 2 unspecified atom stereocenters. The topological polar surface area (TPSA) is 46.2 Å². The lowest BCUT2D eigenvalue weighted by atomic mass is 9.83. The van der Waals surface area contributed by atoms with Crippen molar-refractivity contribution < 1.29 is 5.11 Å². The minimum atomic E-state index is -0.135. The predicted octanol–water partition coefficient (Wildman–Crippen LogP) is 1.91. The molecule has 0 fully saturated rings. The van der Waals surface area contributed by atoms with Gasteiger partial charge in [-0.25, -0.2) is 0 Å². The maximum Gasteiger partial charge on any atom is 0.0448 e. The van der Waals surface area contributed by atoms with Gasteiger partial charge in [-0.05, 0) is 25.2 Å². The highest BCUT2D eigenvalue weighted by Gasteiger charge is 2.23. The van der Waals surface area contributed by atoms with Crippen molar-refractivity contribution in [1.82, 2.24) is 0 Å². The third kappa shape index (κ3) is 4.07. The molecule has 0 amide bonds. The second kappa shape index (κ2) is 5.55. The fourth-order valence-electron chi connectivity index (χ4n) is 1.48. The smallest absolute Gasteiger partial charge is 0.0448 e. The zero-order valence-electron chi connectivity index (χ0n) is 8.64. The van der Waals surface area contributed by atoms with Gasteiger partial charge in [-0.3, -0.25) is 0 Å². The molecule has 2 nitrogen and oxygen atoms in total. The molecular formula is C10H23NO. The van der Waals surface area contributed by atoms with E-state index in [-0.39, 0.29) is 12.1 Å². The maximum atomic E-state index is 8.84. The van der Waals surface area contributed by atoms with Crippen molar-refractivity contribution in [3.63, 3.8) is 0 Å². The van der Waals surface area contributed by atoms with E-state index in [4.69, 9.17) is 10.8 Å². The Bertz CT molecular complexity index is 116. The van der Waals surface area contributed by atoms with E-state index in [1.807, 2.05) is 0 Å². The number of nitrogens with two attached hydrogens (primary N) is 1. The van der Waals surface area contributed by atoms with E-state index in [1.54, 1.807) is 0 Å². The molecule has 0 heterocycles. The van der Waals surface area contributed by atoms with Gasteiger partial charge < -0.3 is 10.8 Å². The SMILES string of the molecule is CCC(C)CC(N)(CC)CCO. The van der Waals surface area contributed by atoms with Crippen LogP contribution in [0.1, 0.15) is 46.5 Å². The Morgan fingerprint density at radius 3 is 2.33 bits per heavy atom. The zero-order chi connectivity index (χ0) is 9.61. The molecule has 0 saturated carbocycles. The second-order valence-corrected chi connectivity index (χ2v) is 3.91. The molecule has 2 heteroatoms. The van der Waals surface area contributed by atoms with E-state index in [1.165, 1.54) is 6.42 Å². The van der Waals surface area contributed by atoms with Gasteiger partial charge in [-0.2, -0.15) is 0 Å². The molecule has 3 N–H and O–H groups in total. The van der Waals surface area contributed by atoms with Crippen molar-refractivity contribution in [1.29, 1.82) is 0 Å². The number of aliphatic hydroxyl groups is 1. The molecule has 0 aliphatic rings. The predicted molar refractivity (Wildman–Crippen MR) is 53.0 cm³/mol. The van der Waals surface area contributed by atoms with Crippen LogP contribution < -0.4 is 5.73 Å². The first-order valence-electron chi connectivity index (χ1n) is 4.97. The van der Waals surface area contributed by atoms with Crippen LogP contribution in [-0.4, -0.2) is 17.3 Å². The van der Waals surface area contributed by atoms with Crippen molar-refractivity contribution in [2.75, 3.05) is 6.61 Å². The van der Waals surface area contributed by atoms with E-state index >= 15 is 0 Å². The Morgan fingerprint density at radius 2 is 2.00 bits per heavy atom. The van der Waals surface area contributed by atoms with Crippen LogP contribution in [0.4, 0.5) is 0 Å². The summed E-state index contributed by atoms with van der Waals surface area (Å²) in [5.41, 5.74) is 5.99. The molecular weight excluding hydrogens is 150 g/mol. The number of rotatable bonds is 6. The van der Waals surface area contributed by atoms with E-state index in [2.05, 4.69) is 20.8 Å². The van der Waals surface area contributed by atoms with Crippen LogP contribution in [0.5, 0.6) is 0 Å². The van der Waals surface area contributed by atoms with Gasteiger partial charge in [0, 0.05) is 12.1 Å². The summed E-state index contributed by atoms with van der Waals surface area (Å²) in [5.74, 6) is 0.668. The summed E-state index contributed by atoms with van der Waals surface area (Å²) < 4.78 is 0. The minimum absolute atomic E-state index is 0.135. The Hall–Kier alpha value is -0.0800. The molecule has 0 aromatic carbocycles. The van der Waals surface area contributed by atoms with Crippen molar-refractivity contribution in [3.05, 3.63) is 0 Å². The lowest BCUT2D eigenvalue weighted by Crippen LogP contribution is -2.41. The Labute approximate surface area is 76.2 Å². The molecule has 12 heavy (non-hydrogen) atoms. The fourth-order valence-corrected chi connectivity index (χ4v) is 1.48. The summed E-state index contributed by atoms with van der Waals surface area (Å²) >= 11 is 0. The van der Waals surface area contributed by atoms with Gasteiger partial charge in [0.1, 0.15) is 0 Å². The average Bonchev–Trinajstić information content (AvgIpc) is 2.05. The van der Waals surface area contributed by atoms with Crippen molar-refractivity contribution in [3.8, 4) is 0 Å². The Morgan fingerprint density at radius 1 is 1.42 bits per heavy atom. The molecule has 2 atom stereocenters. The molecule has 74 valence electrons. The van der Waals surface area contributed by atoms with Crippen molar-refractivity contribution in [2.45, 2.75) is 52.0 Å². The van der Waals surface area contributed by atoms with Crippen LogP contribution in [0.25, 0.3) is 0 Å². The number of hydrogen-bond acceptors (Lipinski definition) is 2. The first-order valence-corrected chi connectivity index (χ1v) is 4.97. The molecule has 0 bridgehead atoms. The van der Waals surface area contributed by atoms with E-state index < -0.39 is 0 Å². The molecule has 0 rings (SSSR count). The van der Waals surface area contributed by atoms with E-state index in [9.17, 15) is 0 Å². The second-order valence-electron chi connectivity index (χ2n) is 3.91. The van der Waals surface area contributed by atoms with Crippen LogP contribution >= 0.6 is 0 Å². The fraction of sp³-hybridized carbons (Fsp3) is 1.00. The molecule has 0 aromatic heterocycles. The van der Waals surface area contributed by atoms with Gasteiger partial charge in [0.15, 0.2) is 0 Å². The summed E-state index contributed by atoms with van der Waals surface area (Å²) in [6, 6.07) is 0. The van der Waals surface area contributed by atoms with Crippen LogP contribution in [0.2, 0.25) is 0 Å². The summed E-state index contributed by atoms with van der Waals surface area (Å²) in [7, 11) is 0. The Balaban J connectivity index is 3.94. The van der Waals surface area contributed by atoms with Gasteiger partial charge in [0.2, 0.25) is 0 Å². The van der Waals surface area contributed by atoms with E-state index in [0.717, 1.165) is 19.3 Å². The third-order valence-electron chi connectivity index (χ3n) is 2.77. The first-order chi connectivity index (χ1) is 5.58. The molecule has 0 spiro atoms. The van der Waals surface area contributed by atoms with Crippen molar-refractivity contribution in [2.24, 2.45) is 11.7 Å². The number of hydrogen-bond donors (Lipinski definition) is 2. The van der Waals surface area contributed by atoms with Crippen LogP contribution in [0.15, 0.2) is 0 Å². The standard InChI is InChI=1S/C10H23NO/c1-4-9(3)8-10(11,5-2)6-7-12/h9,12H,4-8,11H2,1-3H3. The molecule has 0 radical (unpaired) electrons. The van der Waals surface area contributed by atoms with Crippen LogP contribution in [0.3, 0.4) is 0 Å². The lowest BCUT2D eigenvalue weighted by molar-refractivity contribution is 0.210. The largest absolute Gasteiger partial charge is 0.396 e. The monoisotopic (exact) mass is 173 g/mol. The summed E-state index contributed by atoms with van der Waals surface area (Å²) in [5, 5.41) is 8.84. The van der Waals surface area contributed by atoms with Gasteiger partial charge in [0.05, 0.1) is 0 Å². The quantitative estimate of drug-likeness (QED) is 0.644. The van der Waals surface area contributed by atoms with Gasteiger partial charge in [-0.15, -0.1) is 0 Å². The highest BCUT2D eigenvalue weighted by atomic mass is 16.3. The van der Waals surface area contributed by atoms with Gasteiger partial charge in [0.25, 0.3) is 0 Å². The summed E-state index contributed by atoms with van der Waals surface area (Å²) in [4.78, 5) is 0.